The average molecular weight is 481 g/mol. The van der Waals surface area contributed by atoms with E-state index < -0.39 is 24.0 Å². The summed E-state index contributed by atoms with van der Waals surface area (Å²) in [6, 6.07) is 15.1. The van der Waals surface area contributed by atoms with Gasteiger partial charge in [0.1, 0.15) is 12.6 Å². The molecule has 0 aromatic heterocycles. The van der Waals surface area contributed by atoms with Crippen molar-refractivity contribution in [3.8, 4) is 11.1 Å². The maximum absolute atomic E-state index is 12.9. The number of alkyl carbamates (subject to hydrolysis) is 1. The van der Waals surface area contributed by atoms with E-state index in [0.717, 1.165) is 35.1 Å². The Bertz CT molecular complexity index is 1030. The number of ether oxygens (including phenoxy) is 2. The number of methoxy groups -OCH3 is 1. The van der Waals surface area contributed by atoms with E-state index in [-0.39, 0.29) is 37.5 Å². The van der Waals surface area contributed by atoms with Crippen LogP contribution in [0.25, 0.3) is 11.1 Å². The molecule has 2 aromatic rings. The second-order valence-corrected chi connectivity index (χ2v) is 9.21. The molecule has 1 unspecified atom stereocenters. The number of fused-ring (bicyclic) bond motifs is 3. The van der Waals surface area contributed by atoms with Gasteiger partial charge >= 0.3 is 12.1 Å². The van der Waals surface area contributed by atoms with Crippen molar-refractivity contribution < 1.29 is 29.0 Å². The molecule has 0 heterocycles. The van der Waals surface area contributed by atoms with Crippen molar-refractivity contribution in [1.82, 2.24) is 10.6 Å². The number of carbonyl (C=O) groups is 3. The fourth-order valence-electron chi connectivity index (χ4n) is 5.13. The lowest BCUT2D eigenvalue weighted by Gasteiger charge is -2.29. The number of amides is 2. The second-order valence-electron chi connectivity index (χ2n) is 9.21. The Kier molecular flexibility index (Phi) is 8.02. The summed E-state index contributed by atoms with van der Waals surface area (Å²) in [6.45, 7) is 0.436. The van der Waals surface area contributed by atoms with Crippen LogP contribution < -0.4 is 10.6 Å². The van der Waals surface area contributed by atoms with E-state index in [4.69, 9.17) is 9.47 Å². The first kappa shape index (κ1) is 24.7. The van der Waals surface area contributed by atoms with Crippen LogP contribution in [0.1, 0.15) is 49.1 Å². The Labute approximate surface area is 205 Å². The molecule has 3 N–H and O–H groups in total. The highest BCUT2D eigenvalue weighted by Crippen LogP contribution is 2.44. The SMILES string of the molecule is COCCC(NC(=O)OCC1c2ccccc2-c2ccccc21)C(=O)N[C@@H]1CCC[C@@H](C(=O)O)C1. The minimum atomic E-state index is -0.837. The molecule has 1 saturated carbocycles. The molecule has 8 heteroatoms. The summed E-state index contributed by atoms with van der Waals surface area (Å²) < 4.78 is 10.7. The normalized spacial score (nSPS) is 19.8. The third kappa shape index (κ3) is 5.82. The van der Waals surface area contributed by atoms with Gasteiger partial charge < -0.3 is 25.2 Å². The van der Waals surface area contributed by atoms with Crippen molar-refractivity contribution in [3.63, 3.8) is 0 Å². The van der Waals surface area contributed by atoms with Gasteiger partial charge in [-0.3, -0.25) is 9.59 Å². The van der Waals surface area contributed by atoms with Crippen molar-refractivity contribution >= 4 is 18.0 Å². The minimum absolute atomic E-state index is 0.0745. The van der Waals surface area contributed by atoms with Crippen LogP contribution in [0.4, 0.5) is 4.79 Å². The number of aliphatic carboxylic acids is 1. The van der Waals surface area contributed by atoms with Crippen LogP contribution in [-0.2, 0) is 19.1 Å². The summed E-state index contributed by atoms with van der Waals surface area (Å²) >= 11 is 0. The number of carboxylic acid groups (broad SMARTS) is 1. The molecule has 2 aliphatic rings. The molecule has 0 radical (unpaired) electrons. The zero-order valence-electron chi connectivity index (χ0n) is 19.9. The molecular weight excluding hydrogens is 448 g/mol. The summed E-state index contributed by atoms with van der Waals surface area (Å²) in [4.78, 5) is 37.0. The maximum Gasteiger partial charge on any atom is 0.407 e. The first-order chi connectivity index (χ1) is 17.0. The summed E-state index contributed by atoms with van der Waals surface area (Å²) in [5.41, 5.74) is 4.50. The van der Waals surface area contributed by atoms with Gasteiger partial charge in [0.25, 0.3) is 0 Å². The lowest BCUT2D eigenvalue weighted by Crippen LogP contribution is -2.51. The average Bonchev–Trinajstić information content (AvgIpc) is 3.19. The molecule has 0 aliphatic heterocycles. The lowest BCUT2D eigenvalue weighted by molar-refractivity contribution is -0.143. The molecule has 4 rings (SSSR count). The topological polar surface area (TPSA) is 114 Å². The molecule has 8 nitrogen and oxygen atoms in total. The van der Waals surface area contributed by atoms with Crippen LogP contribution >= 0.6 is 0 Å². The van der Waals surface area contributed by atoms with Crippen LogP contribution in [-0.4, -0.2) is 55.5 Å². The van der Waals surface area contributed by atoms with Crippen LogP contribution in [0.2, 0.25) is 0 Å². The predicted octanol–water partition coefficient (Wildman–Crippen LogP) is 3.69. The van der Waals surface area contributed by atoms with Crippen LogP contribution in [0.5, 0.6) is 0 Å². The zero-order valence-corrected chi connectivity index (χ0v) is 19.9. The van der Waals surface area contributed by atoms with Gasteiger partial charge in [0.15, 0.2) is 0 Å². The number of carbonyl (C=O) groups excluding carboxylic acids is 2. The van der Waals surface area contributed by atoms with Crippen molar-refractivity contribution in [2.75, 3.05) is 20.3 Å². The molecule has 1 fully saturated rings. The Balaban J connectivity index is 1.36. The highest BCUT2D eigenvalue weighted by Gasteiger charge is 2.32. The van der Waals surface area contributed by atoms with Gasteiger partial charge in [0, 0.05) is 32.1 Å². The number of nitrogens with one attached hydrogen (secondary N) is 2. The van der Waals surface area contributed by atoms with Crippen molar-refractivity contribution in [1.29, 1.82) is 0 Å². The molecule has 2 amide bonds. The summed E-state index contributed by atoms with van der Waals surface area (Å²) in [5.74, 6) is -1.72. The number of hydrogen-bond donors (Lipinski definition) is 3. The Morgan fingerprint density at radius 2 is 1.69 bits per heavy atom. The number of benzene rings is 2. The number of hydrogen-bond acceptors (Lipinski definition) is 5. The lowest BCUT2D eigenvalue weighted by atomic mass is 9.85. The highest BCUT2D eigenvalue weighted by atomic mass is 16.5. The number of carboxylic acids is 1. The van der Waals surface area contributed by atoms with E-state index in [0.29, 0.717) is 12.8 Å². The molecule has 2 aliphatic carbocycles. The van der Waals surface area contributed by atoms with E-state index in [1.165, 1.54) is 7.11 Å². The minimum Gasteiger partial charge on any atom is -0.481 e. The zero-order chi connectivity index (χ0) is 24.8. The van der Waals surface area contributed by atoms with Crippen molar-refractivity contribution in [3.05, 3.63) is 59.7 Å². The van der Waals surface area contributed by atoms with Gasteiger partial charge in [0.2, 0.25) is 5.91 Å². The van der Waals surface area contributed by atoms with E-state index >= 15 is 0 Å². The predicted molar refractivity (Wildman–Crippen MR) is 130 cm³/mol. The van der Waals surface area contributed by atoms with Gasteiger partial charge in [-0.2, -0.15) is 0 Å². The molecular formula is C27H32N2O6. The molecule has 35 heavy (non-hydrogen) atoms. The first-order valence-electron chi connectivity index (χ1n) is 12.1. The van der Waals surface area contributed by atoms with E-state index in [1.54, 1.807) is 0 Å². The highest BCUT2D eigenvalue weighted by molar-refractivity contribution is 5.86. The van der Waals surface area contributed by atoms with E-state index in [1.807, 2.05) is 36.4 Å². The molecule has 186 valence electrons. The van der Waals surface area contributed by atoms with E-state index in [2.05, 4.69) is 22.8 Å². The molecule has 0 spiro atoms. The molecule has 2 aromatic carbocycles. The quantitative estimate of drug-likeness (QED) is 0.504. The maximum atomic E-state index is 12.9. The fraction of sp³-hybridized carbons (Fsp3) is 0.444. The Hall–Kier alpha value is -3.39. The molecule has 0 bridgehead atoms. The molecule has 3 atom stereocenters. The third-order valence-corrected chi connectivity index (χ3v) is 6.93. The Morgan fingerprint density at radius 1 is 1.03 bits per heavy atom. The van der Waals surface area contributed by atoms with Crippen LogP contribution in [0.3, 0.4) is 0 Å². The monoisotopic (exact) mass is 480 g/mol. The van der Waals surface area contributed by atoms with Crippen molar-refractivity contribution in [2.24, 2.45) is 5.92 Å². The second kappa shape index (κ2) is 11.4. The largest absolute Gasteiger partial charge is 0.481 e. The molecule has 0 saturated heterocycles. The smallest absolute Gasteiger partial charge is 0.407 e. The summed E-state index contributed by atoms with van der Waals surface area (Å²) in [6.07, 6.45) is 2.08. The van der Waals surface area contributed by atoms with E-state index in [9.17, 15) is 19.5 Å². The summed E-state index contributed by atoms with van der Waals surface area (Å²) in [7, 11) is 1.53. The summed E-state index contributed by atoms with van der Waals surface area (Å²) in [5, 5.41) is 14.9. The van der Waals surface area contributed by atoms with Crippen LogP contribution in [0, 0.1) is 5.92 Å². The van der Waals surface area contributed by atoms with Gasteiger partial charge in [-0.05, 0) is 41.5 Å². The van der Waals surface area contributed by atoms with Gasteiger partial charge in [-0.25, -0.2) is 4.79 Å². The van der Waals surface area contributed by atoms with Gasteiger partial charge in [-0.15, -0.1) is 0 Å². The van der Waals surface area contributed by atoms with Gasteiger partial charge in [-0.1, -0.05) is 55.0 Å². The first-order valence-corrected chi connectivity index (χ1v) is 12.1. The van der Waals surface area contributed by atoms with Crippen LogP contribution in [0.15, 0.2) is 48.5 Å². The third-order valence-electron chi connectivity index (χ3n) is 6.93. The fourth-order valence-corrected chi connectivity index (χ4v) is 5.13. The Morgan fingerprint density at radius 3 is 2.31 bits per heavy atom. The standard InChI is InChI=1S/C27H32N2O6/c1-34-14-13-24(25(30)28-18-8-6-7-17(15-18)26(31)32)29-27(33)35-16-23-21-11-4-2-9-19(21)20-10-3-5-12-22(20)23/h2-5,9-12,17-18,23-24H,6-8,13-16H2,1H3,(H,28,30)(H,29,33)(H,31,32)/t17-,18-,24?/m1/s1. The number of rotatable bonds is 9. The van der Waals surface area contributed by atoms with Gasteiger partial charge in [0.05, 0.1) is 5.92 Å². The van der Waals surface area contributed by atoms with Crippen molar-refractivity contribution in [2.45, 2.75) is 50.1 Å².